The second kappa shape index (κ2) is 6.55. The Kier molecular flexibility index (Phi) is 4.09. The topological polar surface area (TPSA) is 77.2 Å². The van der Waals surface area contributed by atoms with Crippen molar-refractivity contribution in [2.45, 2.75) is 19.8 Å². The van der Waals surface area contributed by atoms with Crippen LogP contribution in [0.3, 0.4) is 0 Å². The highest BCUT2D eigenvalue weighted by atomic mass is 16.5. The molecule has 0 radical (unpaired) electrons. The molecule has 0 amide bonds. The summed E-state index contributed by atoms with van der Waals surface area (Å²) >= 11 is 0. The van der Waals surface area contributed by atoms with Gasteiger partial charge in [-0.3, -0.25) is 4.98 Å². The Morgan fingerprint density at radius 2 is 1.88 bits per heavy atom. The molecule has 0 spiro atoms. The van der Waals surface area contributed by atoms with Crippen molar-refractivity contribution >= 4 is 22.4 Å². The average Bonchev–Trinajstić information content (AvgIpc) is 2.65. The van der Waals surface area contributed by atoms with Crippen LogP contribution in [0.1, 0.15) is 19.8 Å². The molecular formula is C19H21N5O. The van der Waals surface area contributed by atoms with Crippen molar-refractivity contribution in [3.63, 3.8) is 0 Å². The lowest BCUT2D eigenvalue weighted by Gasteiger charge is -2.31. The van der Waals surface area contributed by atoms with E-state index in [4.69, 9.17) is 10.5 Å². The molecule has 6 nitrogen and oxygen atoms in total. The van der Waals surface area contributed by atoms with Crippen molar-refractivity contribution in [1.82, 2.24) is 15.0 Å². The van der Waals surface area contributed by atoms with Crippen LogP contribution in [-0.2, 0) is 0 Å². The number of piperidine rings is 1. The number of para-hydroxylation sites is 1. The van der Waals surface area contributed by atoms with Gasteiger partial charge in [0.05, 0.1) is 0 Å². The molecule has 2 N–H and O–H groups in total. The summed E-state index contributed by atoms with van der Waals surface area (Å²) in [5, 5.41) is 1.01. The zero-order valence-electron chi connectivity index (χ0n) is 14.2. The van der Waals surface area contributed by atoms with E-state index < -0.39 is 0 Å². The normalized spacial score (nSPS) is 15.5. The van der Waals surface area contributed by atoms with E-state index in [-0.39, 0.29) is 0 Å². The third-order valence-electron chi connectivity index (χ3n) is 4.71. The summed E-state index contributed by atoms with van der Waals surface area (Å²) in [6, 6.07) is 9.71. The summed E-state index contributed by atoms with van der Waals surface area (Å²) in [4.78, 5) is 15.2. The van der Waals surface area contributed by atoms with Gasteiger partial charge in [0.2, 0.25) is 5.88 Å². The minimum atomic E-state index is 0.377. The van der Waals surface area contributed by atoms with E-state index in [2.05, 4.69) is 26.8 Å². The molecule has 1 aromatic carbocycles. The van der Waals surface area contributed by atoms with Crippen molar-refractivity contribution in [2.24, 2.45) is 5.92 Å². The zero-order chi connectivity index (χ0) is 17.2. The molecule has 0 bridgehead atoms. The van der Waals surface area contributed by atoms with Gasteiger partial charge in [0.1, 0.15) is 17.5 Å². The van der Waals surface area contributed by atoms with Gasteiger partial charge in [0.25, 0.3) is 0 Å². The van der Waals surface area contributed by atoms with Crippen LogP contribution in [0.5, 0.6) is 11.6 Å². The monoisotopic (exact) mass is 335 g/mol. The Labute approximate surface area is 146 Å². The highest BCUT2D eigenvalue weighted by Gasteiger charge is 2.21. The van der Waals surface area contributed by atoms with Crippen molar-refractivity contribution in [2.75, 3.05) is 23.7 Å². The molecule has 0 aliphatic carbocycles. The van der Waals surface area contributed by atoms with Gasteiger partial charge < -0.3 is 15.4 Å². The minimum Gasteiger partial charge on any atom is -0.435 e. The first-order chi connectivity index (χ1) is 12.2. The van der Waals surface area contributed by atoms with E-state index in [1.165, 1.54) is 6.33 Å². The second-order valence-electron chi connectivity index (χ2n) is 6.52. The summed E-state index contributed by atoms with van der Waals surface area (Å²) in [6.07, 6.45) is 5.55. The van der Waals surface area contributed by atoms with E-state index in [1.54, 1.807) is 6.20 Å². The number of aromatic nitrogens is 3. The molecule has 6 heteroatoms. The van der Waals surface area contributed by atoms with Gasteiger partial charge in [-0.2, -0.15) is 4.98 Å². The van der Waals surface area contributed by atoms with Gasteiger partial charge in [-0.15, -0.1) is 0 Å². The predicted octanol–water partition coefficient (Wildman–Crippen LogP) is 3.64. The lowest BCUT2D eigenvalue weighted by Crippen LogP contribution is -2.34. The number of benzene rings is 1. The van der Waals surface area contributed by atoms with Crippen LogP contribution in [-0.4, -0.2) is 28.0 Å². The summed E-state index contributed by atoms with van der Waals surface area (Å²) in [7, 11) is 0. The molecule has 0 atom stereocenters. The number of nitrogens with two attached hydrogens (primary N) is 1. The largest absolute Gasteiger partial charge is 0.435 e. The fourth-order valence-electron chi connectivity index (χ4n) is 3.19. The number of nitrogen functional groups attached to an aromatic ring is 1. The van der Waals surface area contributed by atoms with Gasteiger partial charge in [0.15, 0.2) is 11.6 Å². The number of hydrogen-bond acceptors (Lipinski definition) is 6. The van der Waals surface area contributed by atoms with Crippen LogP contribution in [0.25, 0.3) is 10.9 Å². The van der Waals surface area contributed by atoms with E-state index in [9.17, 15) is 0 Å². The Bertz CT molecular complexity index is 885. The molecule has 3 aromatic rings. The molecule has 25 heavy (non-hydrogen) atoms. The quantitative estimate of drug-likeness (QED) is 0.787. The Morgan fingerprint density at radius 1 is 1.08 bits per heavy atom. The van der Waals surface area contributed by atoms with Crippen LogP contribution in [0, 0.1) is 5.92 Å². The lowest BCUT2D eigenvalue weighted by atomic mass is 9.99. The van der Waals surface area contributed by atoms with Gasteiger partial charge in [-0.1, -0.05) is 25.1 Å². The number of anilines is 2. The molecular weight excluding hydrogens is 314 g/mol. The van der Waals surface area contributed by atoms with E-state index in [1.807, 2.05) is 30.3 Å². The van der Waals surface area contributed by atoms with E-state index >= 15 is 0 Å². The zero-order valence-corrected chi connectivity index (χ0v) is 14.2. The fourth-order valence-corrected chi connectivity index (χ4v) is 3.19. The number of pyridine rings is 1. The molecule has 128 valence electrons. The number of nitrogens with zero attached hydrogens (tertiary/aromatic N) is 4. The van der Waals surface area contributed by atoms with Gasteiger partial charge >= 0.3 is 0 Å². The number of ether oxygens (including phenoxy) is 1. The molecule has 2 aromatic heterocycles. The second-order valence-corrected chi connectivity index (χ2v) is 6.52. The van der Waals surface area contributed by atoms with Crippen LogP contribution in [0.2, 0.25) is 0 Å². The van der Waals surface area contributed by atoms with Crippen molar-refractivity contribution in [3.05, 3.63) is 42.9 Å². The van der Waals surface area contributed by atoms with Gasteiger partial charge in [0, 0.05) is 24.7 Å². The first-order valence-corrected chi connectivity index (χ1v) is 8.59. The lowest BCUT2D eigenvalue weighted by molar-refractivity contribution is 0.434. The van der Waals surface area contributed by atoms with E-state index in [0.29, 0.717) is 17.3 Å². The highest BCUT2D eigenvalue weighted by molar-refractivity contribution is 5.84. The van der Waals surface area contributed by atoms with Crippen LogP contribution < -0.4 is 15.4 Å². The molecule has 1 saturated heterocycles. The molecule has 0 saturated carbocycles. The maximum Gasteiger partial charge on any atom is 0.248 e. The van der Waals surface area contributed by atoms with Crippen molar-refractivity contribution in [1.29, 1.82) is 0 Å². The average molecular weight is 335 g/mol. The maximum absolute atomic E-state index is 6.33. The van der Waals surface area contributed by atoms with Crippen molar-refractivity contribution < 1.29 is 4.74 Å². The predicted molar refractivity (Wildman–Crippen MR) is 98.9 cm³/mol. The Balaban J connectivity index is 1.66. The molecule has 3 heterocycles. The van der Waals surface area contributed by atoms with Gasteiger partial charge in [-0.05, 0) is 30.9 Å². The summed E-state index contributed by atoms with van der Waals surface area (Å²) in [6.45, 7) is 4.19. The molecule has 4 rings (SSSR count). The van der Waals surface area contributed by atoms with Crippen molar-refractivity contribution in [3.8, 4) is 11.6 Å². The SMILES string of the molecule is CC1CCN(c2ncnc(Oc3cccc4cccnc34)c2N)CC1. The molecule has 0 unspecified atom stereocenters. The first-order valence-electron chi connectivity index (χ1n) is 8.59. The molecule has 1 fully saturated rings. The maximum atomic E-state index is 6.33. The summed E-state index contributed by atoms with van der Waals surface area (Å²) in [5.74, 6) is 2.52. The standard InChI is InChI=1S/C19H21N5O/c1-13-7-10-24(11-8-13)18-16(20)19(23-12-22-18)25-15-6-2-4-14-5-3-9-21-17(14)15/h2-6,9,12-13H,7-8,10-11,20H2,1H3. The first kappa shape index (κ1) is 15.6. The smallest absolute Gasteiger partial charge is 0.248 e. The molecule has 1 aliphatic heterocycles. The highest BCUT2D eigenvalue weighted by Crippen LogP contribution is 2.35. The van der Waals surface area contributed by atoms with Crippen LogP contribution >= 0.6 is 0 Å². The van der Waals surface area contributed by atoms with Crippen LogP contribution in [0.15, 0.2) is 42.9 Å². The van der Waals surface area contributed by atoms with E-state index in [0.717, 1.165) is 48.6 Å². The summed E-state index contributed by atoms with van der Waals surface area (Å²) < 4.78 is 6.01. The van der Waals surface area contributed by atoms with Gasteiger partial charge in [-0.25, -0.2) is 4.98 Å². The minimum absolute atomic E-state index is 0.377. The molecule has 1 aliphatic rings. The van der Waals surface area contributed by atoms with Crippen LogP contribution in [0.4, 0.5) is 11.5 Å². The third kappa shape index (κ3) is 3.07. The number of fused-ring (bicyclic) bond motifs is 1. The third-order valence-corrected chi connectivity index (χ3v) is 4.71. The number of rotatable bonds is 3. The fraction of sp³-hybridized carbons (Fsp3) is 0.316. The Hall–Kier alpha value is -2.89. The number of hydrogen-bond donors (Lipinski definition) is 1. The summed E-state index contributed by atoms with van der Waals surface area (Å²) in [5.41, 5.74) is 7.59. The Morgan fingerprint density at radius 3 is 2.72 bits per heavy atom.